The van der Waals surface area contributed by atoms with Gasteiger partial charge in [-0.15, -0.1) is 0 Å². The first-order valence-electron chi connectivity index (χ1n) is 8.03. The molecule has 0 unspecified atom stereocenters. The highest BCUT2D eigenvalue weighted by atomic mass is 16.1. The number of hydrogen-bond acceptors (Lipinski definition) is 1. The van der Waals surface area contributed by atoms with Gasteiger partial charge in [-0.05, 0) is 28.3 Å². The van der Waals surface area contributed by atoms with Crippen molar-refractivity contribution in [3.8, 4) is 0 Å². The fraction of sp³-hybridized carbons (Fsp3) is 0.136. The largest absolute Gasteiger partial charge is 0.299 e. The van der Waals surface area contributed by atoms with Gasteiger partial charge in [-0.1, -0.05) is 84.9 Å². The summed E-state index contributed by atoms with van der Waals surface area (Å²) in [4.78, 5) is 12.0. The van der Waals surface area contributed by atoms with Crippen molar-refractivity contribution in [3.63, 3.8) is 0 Å². The number of carbonyl (C=O) groups is 1. The summed E-state index contributed by atoms with van der Waals surface area (Å²) in [6.45, 7) is 0. The molecule has 0 bridgehead atoms. The smallest absolute Gasteiger partial charge is 0.136 e. The van der Waals surface area contributed by atoms with E-state index >= 15 is 0 Å². The molecule has 3 aromatic carbocycles. The van der Waals surface area contributed by atoms with Crippen molar-refractivity contribution in [2.24, 2.45) is 0 Å². The zero-order valence-corrected chi connectivity index (χ0v) is 13.1. The molecule has 0 saturated heterocycles. The third-order valence-corrected chi connectivity index (χ3v) is 4.00. The second-order valence-electron chi connectivity index (χ2n) is 5.70. The lowest BCUT2D eigenvalue weighted by Crippen LogP contribution is -1.98. The molecule has 0 aromatic heterocycles. The van der Waals surface area contributed by atoms with Crippen LogP contribution in [0, 0.1) is 0 Å². The van der Waals surface area contributed by atoms with Crippen LogP contribution in [0.5, 0.6) is 0 Å². The van der Waals surface area contributed by atoms with E-state index in [4.69, 9.17) is 0 Å². The van der Waals surface area contributed by atoms with Crippen LogP contribution in [0.15, 0.2) is 78.9 Å². The first kappa shape index (κ1) is 15.2. The van der Waals surface area contributed by atoms with Crippen LogP contribution in [0.25, 0.3) is 16.8 Å². The minimum Gasteiger partial charge on any atom is -0.299 e. The number of aryl methyl sites for hydroxylation is 1. The molecule has 3 aromatic rings. The topological polar surface area (TPSA) is 17.1 Å². The first-order chi connectivity index (χ1) is 11.3. The van der Waals surface area contributed by atoms with Gasteiger partial charge in [-0.3, -0.25) is 4.79 Å². The highest BCUT2D eigenvalue weighted by molar-refractivity contribution is 5.91. The molecule has 0 amide bonds. The molecule has 23 heavy (non-hydrogen) atoms. The molecule has 114 valence electrons. The summed E-state index contributed by atoms with van der Waals surface area (Å²) in [7, 11) is 0. The van der Waals surface area contributed by atoms with Crippen molar-refractivity contribution in [1.29, 1.82) is 0 Å². The minimum atomic E-state index is 0.283. The van der Waals surface area contributed by atoms with Crippen molar-refractivity contribution in [3.05, 3.63) is 90.0 Å². The van der Waals surface area contributed by atoms with E-state index in [-0.39, 0.29) is 5.78 Å². The zero-order chi connectivity index (χ0) is 15.9. The monoisotopic (exact) mass is 300 g/mol. The Hall–Kier alpha value is -2.67. The van der Waals surface area contributed by atoms with Gasteiger partial charge in [0, 0.05) is 12.8 Å². The third-order valence-electron chi connectivity index (χ3n) is 4.00. The van der Waals surface area contributed by atoms with Gasteiger partial charge in [-0.2, -0.15) is 0 Å². The van der Waals surface area contributed by atoms with Gasteiger partial charge in [0.2, 0.25) is 0 Å². The van der Waals surface area contributed by atoms with E-state index in [0.29, 0.717) is 12.8 Å². The molecule has 0 aliphatic carbocycles. The summed E-state index contributed by atoms with van der Waals surface area (Å²) in [6.07, 6.45) is 5.96. The highest BCUT2D eigenvalue weighted by Gasteiger charge is 2.01. The van der Waals surface area contributed by atoms with Crippen LogP contribution in [0.3, 0.4) is 0 Å². The molecule has 0 saturated carbocycles. The predicted octanol–water partition coefficient (Wildman–Crippen LogP) is 5.45. The maximum atomic E-state index is 12.0. The fourth-order valence-electron chi connectivity index (χ4n) is 2.74. The number of benzene rings is 3. The summed E-state index contributed by atoms with van der Waals surface area (Å²) < 4.78 is 0. The number of rotatable bonds is 6. The van der Waals surface area contributed by atoms with Crippen molar-refractivity contribution in [2.45, 2.75) is 19.3 Å². The van der Waals surface area contributed by atoms with Crippen LogP contribution in [0.2, 0.25) is 0 Å². The van der Waals surface area contributed by atoms with Gasteiger partial charge in [0.1, 0.15) is 5.78 Å². The van der Waals surface area contributed by atoms with Gasteiger partial charge in [0.15, 0.2) is 0 Å². The second kappa shape index (κ2) is 7.55. The summed E-state index contributed by atoms with van der Waals surface area (Å²) >= 11 is 0. The Labute approximate surface area is 137 Å². The summed E-state index contributed by atoms with van der Waals surface area (Å²) in [5.41, 5.74) is 2.39. The molecule has 0 atom stereocenters. The Morgan fingerprint density at radius 1 is 0.826 bits per heavy atom. The van der Waals surface area contributed by atoms with Crippen LogP contribution >= 0.6 is 0 Å². The van der Waals surface area contributed by atoms with Crippen LogP contribution in [-0.4, -0.2) is 5.78 Å². The maximum Gasteiger partial charge on any atom is 0.136 e. The van der Waals surface area contributed by atoms with E-state index in [2.05, 4.69) is 48.5 Å². The van der Waals surface area contributed by atoms with E-state index < -0.39 is 0 Å². The minimum absolute atomic E-state index is 0.283. The van der Waals surface area contributed by atoms with Crippen molar-refractivity contribution < 1.29 is 4.79 Å². The molecular weight excluding hydrogens is 280 g/mol. The molecular formula is C22H20O. The number of Topliss-reactive ketones (excluding diaryl/α,β-unsaturated/α-hetero) is 1. The van der Waals surface area contributed by atoms with Crippen LogP contribution < -0.4 is 0 Å². The molecule has 0 spiro atoms. The maximum absolute atomic E-state index is 12.0. The lowest BCUT2D eigenvalue weighted by atomic mass is 10.0. The number of carbonyl (C=O) groups excluding carboxylic acids is 1. The van der Waals surface area contributed by atoms with Gasteiger partial charge in [-0.25, -0.2) is 0 Å². The molecule has 0 aliphatic rings. The Balaban J connectivity index is 1.59. The SMILES string of the molecule is O=C(C/C=C/c1cccc2ccccc12)CCc1ccccc1. The quantitative estimate of drug-likeness (QED) is 0.592. The number of hydrogen-bond donors (Lipinski definition) is 0. The molecule has 1 nitrogen and oxygen atoms in total. The van der Waals surface area contributed by atoms with E-state index in [9.17, 15) is 4.79 Å². The normalized spacial score (nSPS) is 11.1. The summed E-state index contributed by atoms with van der Waals surface area (Å²) in [5.74, 6) is 0.283. The zero-order valence-electron chi connectivity index (χ0n) is 13.1. The molecule has 0 heterocycles. The molecule has 0 N–H and O–H groups in total. The summed E-state index contributed by atoms with van der Waals surface area (Å²) in [6, 6.07) is 24.7. The van der Waals surface area contributed by atoms with Crippen molar-refractivity contribution in [2.75, 3.05) is 0 Å². The Bertz CT molecular complexity index is 810. The lowest BCUT2D eigenvalue weighted by molar-refractivity contribution is -0.118. The molecule has 0 radical (unpaired) electrons. The predicted molar refractivity (Wildman–Crippen MR) is 97.4 cm³/mol. The van der Waals surface area contributed by atoms with Gasteiger partial charge in [0.25, 0.3) is 0 Å². The standard InChI is InChI=1S/C22H20O/c23-21(17-16-18-8-2-1-3-9-18)14-7-13-20-12-6-11-19-10-4-5-15-22(19)20/h1-13,15H,14,16-17H2/b13-7+. The van der Waals surface area contributed by atoms with E-state index in [0.717, 1.165) is 6.42 Å². The van der Waals surface area contributed by atoms with Crippen LogP contribution in [0.4, 0.5) is 0 Å². The molecule has 0 aliphatic heterocycles. The van der Waals surface area contributed by atoms with Crippen molar-refractivity contribution >= 4 is 22.6 Å². The van der Waals surface area contributed by atoms with E-state index in [1.807, 2.05) is 36.4 Å². The summed E-state index contributed by atoms with van der Waals surface area (Å²) in [5, 5.41) is 2.45. The lowest BCUT2D eigenvalue weighted by Gasteiger charge is -2.02. The highest BCUT2D eigenvalue weighted by Crippen LogP contribution is 2.19. The second-order valence-corrected chi connectivity index (χ2v) is 5.70. The van der Waals surface area contributed by atoms with E-state index in [1.54, 1.807) is 0 Å². The first-order valence-corrected chi connectivity index (χ1v) is 8.03. The van der Waals surface area contributed by atoms with Gasteiger partial charge < -0.3 is 0 Å². The Kier molecular flexibility index (Phi) is 5.00. The van der Waals surface area contributed by atoms with E-state index in [1.165, 1.54) is 21.9 Å². The average molecular weight is 300 g/mol. The average Bonchev–Trinajstić information content (AvgIpc) is 2.61. The number of ketones is 1. The van der Waals surface area contributed by atoms with Crippen LogP contribution in [-0.2, 0) is 11.2 Å². The van der Waals surface area contributed by atoms with Gasteiger partial charge in [0.05, 0.1) is 0 Å². The van der Waals surface area contributed by atoms with Gasteiger partial charge >= 0.3 is 0 Å². The Morgan fingerprint density at radius 3 is 2.43 bits per heavy atom. The molecule has 3 rings (SSSR count). The Morgan fingerprint density at radius 2 is 1.57 bits per heavy atom. The van der Waals surface area contributed by atoms with Crippen LogP contribution in [0.1, 0.15) is 24.0 Å². The van der Waals surface area contributed by atoms with Crippen molar-refractivity contribution in [1.82, 2.24) is 0 Å². The number of fused-ring (bicyclic) bond motifs is 1. The molecule has 1 heteroatoms. The molecule has 0 fully saturated rings. The fourth-order valence-corrected chi connectivity index (χ4v) is 2.74. The number of allylic oxidation sites excluding steroid dienone is 1. The third kappa shape index (κ3) is 4.17.